The molecule has 184 valence electrons. The number of hydrogen-bond donors (Lipinski definition) is 0. The molecule has 0 aromatic carbocycles. The van der Waals surface area contributed by atoms with E-state index in [0.717, 1.165) is 0 Å². The van der Waals surface area contributed by atoms with Crippen LogP contribution in [-0.2, 0) is 19.1 Å². The Bertz CT molecular complexity index is 762. The highest BCUT2D eigenvalue weighted by Crippen LogP contribution is 2.51. The summed E-state index contributed by atoms with van der Waals surface area (Å²) in [5.41, 5.74) is -1.83. The maximum atomic E-state index is 13.5. The van der Waals surface area contributed by atoms with Gasteiger partial charge in [-0.05, 0) is 25.2 Å². The molecular weight excluding hydrogens is 477 g/mol. The van der Waals surface area contributed by atoms with E-state index in [9.17, 15) is 57.9 Å². The van der Waals surface area contributed by atoms with Crippen molar-refractivity contribution in [2.24, 2.45) is 17.8 Å². The maximum Gasteiger partial charge on any atom is 0.422 e. The molecule has 0 aromatic rings. The van der Waals surface area contributed by atoms with Gasteiger partial charge in [0.25, 0.3) is 0 Å². The zero-order chi connectivity index (χ0) is 24.9. The smallest absolute Gasteiger partial charge is 0.422 e. The molecule has 4 atom stereocenters. The average Bonchev–Trinajstić information content (AvgIpc) is 3.24. The predicted octanol–water partition coefficient (Wildman–Crippen LogP) is 4.78. The zero-order valence-corrected chi connectivity index (χ0v) is 15.7. The summed E-state index contributed by atoms with van der Waals surface area (Å²) in [5.74, 6) is -25.0. The van der Waals surface area contributed by atoms with Crippen molar-refractivity contribution in [1.82, 2.24) is 0 Å². The molecule has 0 radical (unpaired) electrons. The van der Waals surface area contributed by atoms with Crippen LogP contribution < -0.4 is 0 Å². The molecule has 15 heteroatoms. The monoisotopic (exact) mass is 492 g/mol. The van der Waals surface area contributed by atoms with Gasteiger partial charge >= 0.3 is 42.3 Å². The van der Waals surface area contributed by atoms with E-state index in [-0.39, 0.29) is 19.3 Å². The van der Waals surface area contributed by atoms with Crippen molar-refractivity contribution in [2.45, 2.75) is 55.7 Å². The standard InChI is InChI=1S/C17H15F11O4/c1-6(16(24,25)26)11(29)32-10-4-7-2-8(10)9(3-7)12(30)31-5-14(20,21)17(27,28)15(22,23)13(18)19/h7-10,13H,1-5H2. The summed E-state index contributed by atoms with van der Waals surface area (Å²) in [6.07, 6.45) is -11.4. The van der Waals surface area contributed by atoms with E-state index in [1.54, 1.807) is 0 Å². The van der Waals surface area contributed by atoms with E-state index in [0.29, 0.717) is 0 Å². The fraction of sp³-hybridized carbons (Fsp3) is 0.765. The Morgan fingerprint density at radius 1 is 0.938 bits per heavy atom. The molecule has 0 spiro atoms. The quantitative estimate of drug-likeness (QED) is 0.278. The molecule has 0 aromatic heterocycles. The Balaban J connectivity index is 2.02. The van der Waals surface area contributed by atoms with Gasteiger partial charge in [0.1, 0.15) is 11.7 Å². The van der Waals surface area contributed by atoms with E-state index in [4.69, 9.17) is 0 Å². The van der Waals surface area contributed by atoms with Crippen molar-refractivity contribution in [3.8, 4) is 0 Å². The van der Waals surface area contributed by atoms with Crippen molar-refractivity contribution in [3.05, 3.63) is 12.2 Å². The van der Waals surface area contributed by atoms with Crippen LogP contribution in [0.4, 0.5) is 48.3 Å². The minimum Gasteiger partial charge on any atom is -0.459 e. The highest BCUT2D eigenvalue weighted by Gasteiger charge is 2.75. The number of carbonyl (C=O) groups is 2. The molecular formula is C17H15F11O4. The third-order valence-corrected chi connectivity index (χ3v) is 5.45. The predicted molar refractivity (Wildman–Crippen MR) is 81.2 cm³/mol. The van der Waals surface area contributed by atoms with Gasteiger partial charge in [0.15, 0.2) is 6.61 Å². The number of esters is 2. The number of halogens is 11. The van der Waals surface area contributed by atoms with Gasteiger partial charge in [-0.25, -0.2) is 13.6 Å². The maximum absolute atomic E-state index is 13.5. The summed E-state index contributed by atoms with van der Waals surface area (Å²) in [6.45, 7) is -0.113. The Morgan fingerprint density at radius 3 is 1.97 bits per heavy atom. The number of alkyl halides is 11. The summed E-state index contributed by atoms with van der Waals surface area (Å²) in [6, 6.07) is 0. The Labute approximate surface area is 172 Å². The summed E-state index contributed by atoms with van der Waals surface area (Å²) in [7, 11) is 0. The second-order valence-electron chi connectivity index (χ2n) is 7.57. The minimum absolute atomic E-state index is 0.0279. The molecule has 4 unspecified atom stereocenters. The molecule has 4 nitrogen and oxygen atoms in total. The largest absolute Gasteiger partial charge is 0.459 e. The van der Waals surface area contributed by atoms with Crippen LogP contribution in [0.3, 0.4) is 0 Å². The molecule has 2 aliphatic carbocycles. The molecule has 0 N–H and O–H groups in total. The van der Waals surface area contributed by atoms with Crippen molar-refractivity contribution in [2.75, 3.05) is 6.61 Å². The van der Waals surface area contributed by atoms with Crippen LogP contribution >= 0.6 is 0 Å². The first-order chi connectivity index (χ1) is 14.3. The van der Waals surface area contributed by atoms with Gasteiger partial charge in [0.05, 0.1) is 5.92 Å². The zero-order valence-electron chi connectivity index (χ0n) is 15.7. The number of fused-ring (bicyclic) bond motifs is 2. The van der Waals surface area contributed by atoms with E-state index >= 15 is 0 Å². The highest BCUT2D eigenvalue weighted by atomic mass is 19.4. The number of ether oxygens (including phenoxy) is 2. The van der Waals surface area contributed by atoms with Crippen LogP contribution in [0.5, 0.6) is 0 Å². The molecule has 0 saturated heterocycles. The van der Waals surface area contributed by atoms with Gasteiger partial charge in [-0.2, -0.15) is 39.5 Å². The molecule has 2 saturated carbocycles. The fourth-order valence-electron chi connectivity index (χ4n) is 3.76. The second-order valence-corrected chi connectivity index (χ2v) is 7.57. The third-order valence-electron chi connectivity index (χ3n) is 5.45. The first kappa shape index (κ1) is 26.2. The Morgan fingerprint density at radius 2 is 1.50 bits per heavy atom. The van der Waals surface area contributed by atoms with Crippen molar-refractivity contribution < 1.29 is 67.4 Å². The fourth-order valence-corrected chi connectivity index (χ4v) is 3.76. The number of hydrogen-bond acceptors (Lipinski definition) is 4. The SMILES string of the molecule is C=C(C(=O)OC1CC2CC(C(=O)OCC(F)(F)C(F)(F)C(F)(F)C(F)F)C1C2)C(F)(F)F. The van der Waals surface area contributed by atoms with Crippen LogP contribution in [0.25, 0.3) is 0 Å². The van der Waals surface area contributed by atoms with Crippen molar-refractivity contribution in [1.29, 1.82) is 0 Å². The Kier molecular flexibility index (Phi) is 6.83. The van der Waals surface area contributed by atoms with Crippen LogP contribution in [0.2, 0.25) is 0 Å². The molecule has 2 rings (SSSR count). The van der Waals surface area contributed by atoms with Crippen LogP contribution in [0.1, 0.15) is 19.3 Å². The van der Waals surface area contributed by atoms with Gasteiger partial charge in [-0.1, -0.05) is 6.58 Å². The van der Waals surface area contributed by atoms with Crippen LogP contribution in [0.15, 0.2) is 12.2 Å². The lowest BCUT2D eigenvalue weighted by molar-refractivity contribution is -0.344. The third kappa shape index (κ3) is 4.65. The highest BCUT2D eigenvalue weighted by molar-refractivity contribution is 5.89. The van der Waals surface area contributed by atoms with Crippen molar-refractivity contribution >= 4 is 11.9 Å². The van der Waals surface area contributed by atoms with Gasteiger partial charge in [-0.15, -0.1) is 0 Å². The first-order valence-electron chi connectivity index (χ1n) is 8.88. The minimum atomic E-state index is -6.56. The summed E-state index contributed by atoms with van der Waals surface area (Å²) in [4.78, 5) is 23.6. The lowest BCUT2D eigenvalue weighted by atomic mass is 9.86. The Hall–Kier alpha value is -2.09. The molecule has 0 amide bonds. The van der Waals surface area contributed by atoms with E-state index in [1.165, 1.54) is 0 Å². The second kappa shape index (κ2) is 8.36. The average molecular weight is 492 g/mol. The normalized spacial score (nSPS) is 26.4. The molecule has 32 heavy (non-hydrogen) atoms. The molecule has 0 aliphatic heterocycles. The molecule has 2 fully saturated rings. The first-order valence-corrected chi connectivity index (χ1v) is 8.88. The van der Waals surface area contributed by atoms with Gasteiger partial charge in [0.2, 0.25) is 0 Å². The van der Waals surface area contributed by atoms with Crippen molar-refractivity contribution in [3.63, 3.8) is 0 Å². The molecule has 2 bridgehead atoms. The summed E-state index contributed by atoms with van der Waals surface area (Å²) >= 11 is 0. The van der Waals surface area contributed by atoms with Gasteiger partial charge in [-0.3, -0.25) is 4.79 Å². The summed E-state index contributed by atoms with van der Waals surface area (Å²) in [5, 5.41) is 0. The molecule has 2 aliphatic rings. The number of carbonyl (C=O) groups excluding carboxylic acids is 2. The lowest BCUT2D eigenvalue weighted by Crippen LogP contribution is -2.59. The lowest BCUT2D eigenvalue weighted by Gasteiger charge is -2.32. The topological polar surface area (TPSA) is 52.6 Å². The molecule has 0 heterocycles. The van der Waals surface area contributed by atoms with Gasteiger partial charge < -0.3 is 9.47 Å². The van der Waals surface area contributed by atoms with E-state index < -0.39 is 78.3 Å². The van der Waals surface area contributed by atoms with E-state index in [2.05, 4.69) is 16.1 Å². The van der Waals surface area contributed by atoms with Gasteiger partial charge in [0, 0.05) is 5.92 Å². The van der Waals surface area contributed by atoms with Crippen LogP contribution in [-0.4, -0.2) is 55.0 Å². The number of rotatable bonds is 8. The van der Waals surface area contributed by atoms with E-state index in [1.807, 2.05) is 0 Å². The summed E-state index contributed by atoms with van der Waals surface area (Å²) < 4.78 is 150. The van der Waals surface area contributed by atoms with Crippen LogP contribution in [0, 0.1) is 17.8 Å².